The molecule has 0 atom stereocenters. The third-order valence-corrected chi connectivity index (χ3v) is 2.54. The standard InChI is InChI=1S/C12H13FN4O2/c13-10-6-8(18)3-4-9(10)12(19)14-5-1-2-11-15-7-16-17-11/h3-4,6-7,18H,1-2,5H2,(H,14,19)(H,15,16,17). The minimum absolute atomic E-state index is 0.0857. The molecule has 0 aliphatic rings. The van der Waals surface area contributed by atoms with Gasteiger partial charge in [0, 0.05) is 19.0 Å². The Morgan fingerprint density at radius 3 is 3.00 bits per heavy atom. The second-order valence-electron chi connectivity index (χ2n) is 3.96. The van der Waals surface area contributed by atoms with Crippen molar-refractivity contribution < 1.29 is 14.3 Å². The number of carbonyl (C=O) groups excluding carboxylic acids is 1. The van der Waals surface area contributed by atoms with Gasteiger partial charge >= 0.3 is 0 Å². The van der Waals surface area contributed by atoms with Gasteiger partial charge in [-0.15, -0.1) is 0 Å². The summed E-state index contributed by atoms with van der Waals surface area (Å²) in [6, 6.07) is 3.42. The molecule has 0 saturated heterocycles. The minimum atomic E-state index is -0.743. The summed E-state index contributed by atoms with van der Waals surface area (Å²) < 4.78 is 13.4. The van der Waals surface area contributed by atoms with Crippen LogP contribution in [-0.4, -0.2) is 32.7 Å². The van der Waals surface area contributed by atoms with Gasteiger partial charge in [0.05, 0.1) is 5.56 Å². The van der Waals surface area contributed by atoms with Crippen LogP contribution in [0.1, 0.15) is 22.6 Å². The Hall–Kier alpha value is -2.44. The van der Waals surface area contributed by atoms with Gasteiger partial charge in [-0.2, -0.15) is 5.10 Å². The van der Waals surface area contributed by atoms with Gasteiger partial charge in [-0.25, -0.2) is 9.37 Å². The number of amides is 1. The number of aryl methyl sites for hydroxylation is 1. The summed E-state index contributed by atoms with van der Waals surface area (Å²) >= 11 is 0. The fraction of sp³-hybridized carbons (Fsp3) is 0.250. The first kappa shape index (κ1) is 13.0. The summed E-state index contributed by atoms with van der Waals surface area (Å²) in [5, 5.41) is 18.1. The molecule has 100 valence electrons. The van der Waals surface area contributed by atoms with Gasteiger partial charge in [-0.1, -0.05) is 0 Å². The predicted molar refractivity (Wildman–Crippen MR) is 65.1 cm³/mol. The molecule has 19 heavy (non-hydrogen) atoms. The number of aromatic nitrogens is 3. The number of carbonyl (C=O) groups is 1. The molecule has 0 saturated carbocycles. The highest BCUT2D eigenvalue weighted by Gasteiger charge is 2.11. The van der Waals surface area contributed by atoms with E-state index in [1.807, 2.05) is 0 Å². The lowest BCUT2D eigenvalue weighted by atomic mass is 10.2. The van der Waals surface area contributed by atoms with Crippen LogP contribution in [0.3, 0.4) is 0 Å². The van der Waals surface area contributed by atoms with Crippen molar-refractivity contribution in [2.45, 2.75) is 12.8 Å². The Bertz CT molecular complexity index is 557. The van der Waals surface area contributed by atoms with Gasteiger partial charge in [-0.3, -0.25) is 9.89 Å². The maximum absolute atomic E-state index is 13.4. The molecule has 2 rings (SSSR count). The number of aromatic amines is 1. The lowest BCUT2D eigenvalue weighted by Crippen LogP contribution is -2.25. The Kier molecular flexibility index (Phi) is 4.07. The molecule has 0 bridgehead atoms. The lowest BCUT2D eigenvalue weighted by Gasteiger charge is -2.05. The number of hydrogen-bond donors (Lipinski definition) is 3. The summed E-state index contributed by atoms with van der Waals surface area (Å²) in [5.74, 6) is -0.716. The van der Waals surface area contributed by atoms with Crippen molar-refractivity contribution in [3.8, 4) is 5.75 Å². The van der Waals surface area contributed by atoms with Crippen LogP contribution in [0.5, 0.6) is 5.75 Å². The number of H-pyrrole nitrogens is 1. The van der Waals surface area contributed by atoms with Crippen LogP contribution in [0.2, 0.25) is 0 Å². The maximum atomic E-state index is 13.4. The van der Waals surface area contributed by atoms with Crippen LogP contribution in [0.15, 0.2) is 24.5 Å². The van der Waals surface area contributed by atoms with Gasteiger partial charge in [0.1, 0.15) is 23.7 Å². The van der Waals surface area contributed by atoms with Crippen LogP contribution in [0.25, 0.3) is 0 Å². The first-order valence-electron chi connectivity index (χ1n) is 5.78. The zero-order valence-corrected chi connectivity index (χ0v) is 10.1. The monoisotopic (exact) mass is 264 g/mol. The van der Waals surface area contributed by atoms with Crippen LogP contribution >= 0.6 is 0 Å². The molecular weight excluding hydrogens is 251 g/mol. The molecule has 0 spiro atoms. The molecule has 0 aliphatic carbocycles. The van der Waals surface area contributed by atoms with E-state index < -0.39 is 11.7 Å². The number of benzene rings is 1. The SMILES string of the molecule is O=C(NCCCc1ncn[nH]1)c1ccc(O)cc1F. The average molecular weight is 264 g/mol. The van der Waals surface area contributed by atoms with E-state index in [4.69, 9.17) is 5.11 Å². The zero-order chi connectivity index (χ0) is 13.7. The molecular formula is C12H13FN4O2. The lowest BCUT2D eigenvalue weighted by molar-refractivity contribution is 0.0949. The van der Waals surface area contributed by atoms with Crippen LogP contribution in [-0.2, 0) is 6.42 Å². The van der Waals surface area contributed by atoms with Gasteiger partial charge < -0.3 is 10.4 Å². The molecule has 0 fully saturated rings. The zero-order valence-electron chi connectivity index (χ0n) is 10.1. The molecule has 0 radical (unpaired) electrons. The molecule has 0 aliphatic heterocycles. The third-order valence-electron chi connectivity index (χ3n) is 2.54. The highest BCUT2D eigenvalue weighted by molar-refractivity contribution is 5.94. The average Bonchev–Trinajstić information content (AvgIpc) is 2.87. The molecule has 1 aromatic carbocycles. The number of rotatable bonds is 5. The van der Waals surface area contributed by atoms with Gasteiger partial charge in [0.15, 0.2) is 0 Å². The van der Waals surface area contributed by atoms with Crippen LogP contribution in [0, 0.1) is 5.82 Å². The van der Waals surface area contributed by atoms with Gasteiger partial charge in [0.2, 0.25) is 0 Å². The van der Waals surface area contributed by atoms with Crippen LogP contribution in [0.4, 0.5) is 4.39 Å². The van der Waals surface area contributed by atoms with Crippen molar-refractivity contribution in [1.29, 1.82) is 0 Å². The number of phenols is 1. The van der Waals surface area contributed by atoms with E-state index in [1.165, 1.54) is 18.5 Å². The summed E-state index contributed by atoms with van der Waals surface area (Å²) in [6.45, 7) is 0.403. The second-order valence-corrected chi connectivity index (χ2v) is 3.96. The van der Waals surface area contributed by atoms with E-state index in [0.29, 0.717) is 19.4 Å². The second kappa shape index (κ2) is 5.94. The molecule has 1 amide bonds. The van der Waals surface area contributed by atoms with Gasteiger partial charge in [-0.05, 0) is 18.6 Å². The Morgan fingerprint density at radius 2 is 2.32 bits per heavy atom. The quantitative estimate of drug-likeness (QED) is 0.703. The Labute approximate surface area is 108 Å². The van der Waals surface area contributed by atoms with E-state index in [1.54, 1.807) is 0 Å². The highest BCUT2D eigenvalue weighted by atomic mass is 19.1. The predicted octanol–water partition coefficient (Wildman–Crippen LogP) is 1.01. The maximum Gasteiger partial charge on any atom is 0.254 e. The number of aromatic hydroxyl groups is 1. The van der Waals surface area contributed by atoms with E-state index in [0.717, 1.165) is 11.9 Å². The number of nitrogens with zero attached hydrogens (tertiary/aromatic N) is 2. The molecule has 6 nitrogen and oxygen atoms in total. The molecule has 1 aromatic heterocycles. The van der Waals surface area contributed by atoms with E-state index in [-0.39, 0.29) is 11.3 Å². The summed E-state index contributed by atoms with van der Waals surface area (Å²) in [4.78, 5) is 15.6. The van der Waals surface area contributed by atoms with E-state index in [2.05, 4.69) is 20.5 Å². The molecule has 1 heterocycles. The normalized spacial score (nSPS) is 10.4. The smallest absolute Gasteiger partial charge is 0.254 e. The first-order valence-corrected chi connectivity index (χ1v) is 5.78. The van der Waals surface area contributed by atoms with Crippen molar-refractivity contribution in [1.82, 2.24) is 20.5 Å². The largest absolute Gasteiger partial charge is 0.508 e. The fourth-order valence-electron chi connectivity index (χ4n) is 1.59. The third kappa shape index (κ3) is 3.51. The highest BCUT2D eigenvalue weighted by Crippen LogP contribution is 2.14. The number of hydrogen-bond acceptors (Lipinski definition) is 4. The van der Waals surface area contributed by atoms with Crippen molar-refractivity contribution >= 4 is 5.91 Å². The minimum Gasteiger partial charge on any atom is -0.508 e. The Morgan fingerprint density at radius 1 is 1.47 bits per heavy atom. The molecule has 7 heteroatoms. The first-order chi connectivity index (χ1) is 9.16. The molecule has 3 N–H and O–H groups in total. The number of phenolic OH excluding ortho intramolecular Hbond substituents is 1. The van der Waals surface area contributed by atoms with E-state index in [9.17, 15) is 9.18 Å². The summed E-state index contributed by atoms with van der Waals surface area (Å²) in [7, 11) is 0. The Balaban J connectivity index is 1.81. The van der Waals surface area contributed by atoms with Crippen LogP contribution < -0.4 is 5.32 Å². The van der Waals surface area contributed by atoms with Gasteiger partial charge in [0.25, 0.3) is 5.91 Å². The van der Waals surface area contributed by atoms with Crippen molar-refractivity contribution in [3.63, 3.8) is 0 Å². The summed E-state index contributed by atoms with van der Waals surface area (Å²) in [6.07, 6.45) is 2.73. The van der Waals surface area contributed by atoms with Crippen molar-refractivity contribution in [2.75, 3.05) is 6.54 Å². The summed E-state index contributed by atoms with van der Waals surface area (Å²) in [5.41, 5.74) is -0.0857. The van der Waals surface area contributed by atoms with E-state index >= 15 is 0 Å². The van der Waals surface area contributed by atoms with Crippen molar-refractivity contribution in [2.24, 2.45) is 0 Å². The van der Waals surface area contributed by atoms with Crippen molar-refractivity contribution in [3.05, 3.63) is 41.7 Å². The fourth-order valence-corrected chi connectivity index (χ4v) is 1.59. The molecule has 0 unspecified atom stereocenters. The number of nitrogens with one attached hydrogen (secondary N) is 2. The molecule has 2 aromatic rings. The topological polar surface area (TPSA) is 90.9 Å². The number of halogens is 1.